The van der Waals surface area contributed by atoms with Gasteiger partial charge in [-0.15, -0.1) is 0 Å². The molecule has 7 heteroatoms. The predicted molar refractivity (Wildman–Crippen MR) is 88.0 cm³/mol. The van der Waals surface area contributed by atoms with Crippen molar-refractivity contribution in [3.05, 3.63) is 28.8 Å². The van der Waals surface area contributed by atoms with Crippen LogP contribution in [0.15, 0.2) is 23.2 Å². The van der Waals surface area contributed by atoms with Crippen LogP contribution in [-0.2, 0) is 14.3 Å². The van der Waals surface area contributed by atoms with E-state index >= 15 is 0 Å². The molecule has 1 aromatic rings. The second-order valence-corrected chi connectivity index (χ2v) is 5.99. The molecule has 3 rings (SSSR count). The summed E-state index contributed by atoms with van der Waals surface area (Å²) in [7, 11) is 3.03. The highest BCUT2D eigenvalue weighted by molar-refractivity contribution is 6.55. The fourth-order valence-corrected chi connectivity index (χ4v) is 3.24. The Morgan fingerprint density at radius 1 is 1.21 bits per heavy atom. The zero-order valence-corrected chi connectivity index (χ0v) is 14.3. The van der Waals surface area contributed by atoms with Crippen molar-refractivity contribution in [3.8, 4) is 11.5 Å². The second-order valence-electron chi connectivity index (χ2n) is 5.61. The summed E-state index contributed by atoms with van der Waals surface area (Å²) in [4.78, 5) is 26.2. The van der Waals surface area contributed by atoms with E-state index in [0.717, 1.165) is 17.7 Å². The van der Waals surface area contributed by atoms with E-state index in [-0.39, 0.29) is 23.3 Å². The summed E-state index contributed by atoms with van der Waals surface area (Å²) in [6.45, 7) is 0.884. The number of rotatable bonds is 5. The Kier molecular flexibility index (Phi) is 4.78. The van der Waals surface area contributed by atoms with Crippen LogP contribution in [-0.4, -0.2) is 50.2 Å². The maximum absolute atomic E-state index is 12.7. The number of halogens is 1. The number of imide groups is 1. The Morgan fingerprint density at radius 3 is 2.58 bits per heavy atom. The number of amides is 2. The average molecular weight is 352 g/mol. The molecule has 2 aliphatic rings. The quantitative estimate of drug-likeness (QED) is 0.761. The lowest BCUT2D eigenvalue weighted by Crippen LogP contribution is -2.37. The third kappa shape index (κ3) is 2.87. The van der Waals surface area contributed by atoms with Crippen molar-refractivity contribution in [2.24, 2.45) is 0 Å². The van der Waals surface area contributed by atoms with E-state index in [4.69, 9.17) is 25.8 Å². The van der Waals surface area contributed by atoms with E-state index < -0.39 is 11.8 Å². The van der Waals surface area contributed by atoms with Gasteiger partial charge in [-0.2, -0.15) is 0 Å². The minimum Gasteiger partial charge on any atom is -0.493 e. The largest absolute Gasteiger partial charge is 0.493 e. The normalized spacial score (nSPS) is 21.0. The predicted octanol–water partition coefficient (Wildman–Crippen LogP) is 2.20. The van der Waals surface area contributed by atoms with Crippen molar-refractivity contribution in [2.45, 2.75) is 18.9 Å². The lowest BCUT2D eigenvalue weighted by Gasteiger charge is -2.19. The first kappa shape index (κ1) is 16.8. The van der Waals surface area contributed by atoms with Gasteiger partial charge in [-0.1, -0.05) is 17.7 Å². The number of hydrogen-bond donors (Lipinski definition) is 0. The van der Waals surface area contributed by atoms with Gasteiger partial charge in [0.15, 0.2) is 11.5 Å². The summed E-state index contributed by atoms with van der Waals surface area (Å²) in [6.07, 6.45) is 1.65. The van der Waals surface area contributed by atoms with Crippen molar-refractivity contribution in [1.82, 2.24) is 4.90 Å². The summed E-state index contributed by atoms with van der Waals surface area (Å²) < 4.78 is 15.9. The van der Waals surface area contributed by atoms with Gasteiger partial charge in [0.2, 0.25) is 0 Å². The standard InChI is InChI=1S/C17H18ClNO5/c1-22-12-6-5-10(8-13(12)23-2)14-15(18)17(21)19(16(14)20)9-11-4-3-7-24-11/h5-6,8,11H,3-4,7,9H2,1-2H3. The molecule has 0 spiro atoms. The number of methoxy groups -OCH3 is 2. The molecule has 0 N–H and O–H groups in total. The highest BCUT2D eigenvalue weighted by Crippen LogP contribution is 2.36. The van der Waals surface area contributed by atoms with Gasteiger partial charge in [0, 0.05) is 6.61 Å². The fraction of sp³-hybridized carbons (Fsp3) is 0.412. The molecule has 1 unspecified atom stereocenters. The number of hydrogen-bond acceptors (Lipinski definition) is 5. The Morgan fingerprint density at radius 2 is 1.96 bits per heavy atom. The monoisotopic (exact) mass is 351 g/mol. The molecule has 6 nitrogen and oxygen atoms in total. The van der Waals surface area contributed by atoms with Crippen molar-refractivity contribution >= 4 is 29.0 Å². The molecule has 0 saturated carbocycles. The number of nitrogens with zero attached hydrogens (tertiary/aromatic N) is 1. The van der Waals surface area contributed by atoms with Crippen LogP contribution >= 0.6 is 11.6 Å². The van der Waals surface area contributed by atoms with Crippen molar-refractivity contribution in [3.63, 3.8) is 0 Å². The van der Waals surface area contributed by atoms with Gasteiger partial charge in [0.05, 0.1) is 32.4 Å². The van der Waals surface area contributed by atoms with Crippen molar-refractivity contribution in [1.29, 1.82) is 0 Å². The van der Waals surface area contributed by atoms with Crippen LogP contribution in [0.5, 0.6) is 11.5 Å². The molecule has 0 radical (unpaired) electrons. The number of carbonyl (C=O) groups is 2. The molecule has 0 bridgehead atoms. The van der Waals surface area contributed by atoms with E-state index in [0.29, 0.717) is 23.7 Å². The number of benzene rings is 1. The van der Waals surface area contributed by atoms with E-state index in [9.17, 15) is 9.59 Å². The van der Waals surface area contributed by atoms with Crippen LogP contribution < -0.4 is 9.47 Å². The molecule has 2 aliphatic heterocycles. The van der Waals surface area contributed by atoms with Gasteiger partial charge in [-0.3, -0.25) is 14.5 Å². The third-order valence-electron chi connectivity index (χ3n) is 4.19. The summed E-state index contributed by atoms with van der Waals surface area (Å²) in [6, 6.07) is 4.99. The lowest BCUT2D eigenvalue weighted by atomic mass is 10.1. The maximum Gasteiger partial charge on any atom is 0.273 e. The van der Waals surface area contributed by atoms with Gasteiger partial charge in [0.1, 0.15) is 5.03 Å². The molecule has 1 aromatic carbocycles. The number of ether oxygens (including phenoxy) is 3. The Labute approximate surface area is 144 Å². The van der Waals surface area contributed by atoms with Crippen LogP contribution in [0.3, 0.4) is 0 Å². The van der Waals surface area contributed by atoms with Crippen LogP contribution in [0, 0.1) is 0 Å². The van der Waals surface area contributed by atoms with Crippen LogP contribution in [0.2, 0.25) is 0 Å². The smallest absolute Gasteiger partial charge is 0.273 e. The van der Waals surface area contributed by atoms with E-state index in [1.54, 1.807) is 18.2 Å². The van der Waals surface area contributed by atoms with E-state index in [1.807, 2.05) is 0 Å². The van der Waals surface area contributed by atoms with Gasteiger partial charge in [-0.25, -0.2) is 0 Å². The highest BCUT2D eigenvalue weighted by Gasteiger charge is 2.40. The molecule has 2 amide bonds. The first-order valence-electron chi connectivity index (χ1n) is 7.66. The van der Waals surface area contributed by atoms with Crippen molar-refractivity contribution < 1.29 is 23.8 Å². The first-order valence-corrected chi connectivity index (χ1v) is 8.04. The van der Waals surface area contributed by atoms with E-state index in [2.05, 4.69) is 0 Å². The van der Waals surface area contributed by atoms with Crippen LogP contribution in [0.4, 0.5) is 0 Å². The minimum absolute atomic E-state index is 0.0785. The zero-order chi connectivity index (χ0) is 17.3. The Bertz CT molecular complexity index is 709. The molecule has 0 aromatic heterocycles. The summed E-state index contributed by atoms with van der Waals surface area (Å²) in [5, 5.41) is -0.0785. The molecule has 1 fully saturated rings. The van der Waals surface area contributed by atoms with Crippen molar-refractivity contribution in [2.75, 3.05) is 27.4 Å². The molecule has 24 heavy (non-hydrogen) atoms. The molecule has 1 saturated heterocycles. The summed E-state index contributed by atoms with van der Waals surface area (Å²) in [5.74, 6) is 0.102. The van der Waals surface area contributed by atoms with Crippen LogP contribution in [0.1, 0.15) is 18.4 Å². The van der Waals surface area contributed by atoms with Gasteiger partial charge in [0.25, 0.3) is 11.8 Å². The van der Waals surface area contributed by atoms with Crippen LogP contribution in [0.25, 0.3) is 5.57 Å². The third-order valence-corrected chi connectivity index (χ3v) is 4.54. The SMILES string of the molecule is COc1ccc(C2=C(Cl)C(=O)N(CC3CCCO3)C2=O)cc1OC. The molecular weight excluding hydrogens is 334 g/mol. The zero-order valence-electron chi connectivity index (χ0n) is 13.5. The Balaban J connectivity index is 1.90. The summed E-state index contributed by atoms with van der Waals surface area (Å²) >= 11 is 6.16. The fourth-order valence-electron chi connectivity index (χ4n) is 2.95. The minimum atomic E-state index is -0.484. The molecule has 0 aliphatic carbocycles. The molecule has 128 valence electrons. The Hall–Kier alpha value is -2.05. The highest BCUT2D eigenvalue weighted by atomic mass is 35.5. The number of carbonyl (C=O) groups excluding carboxylic acids is 2. The average Bonchev–Trinajstić information content (AvgIpc) is 3.18. The first-order chi connectivity index (χ1) is 11.6. The molecular formula is C17H18ClNO5. The van der Waals surface area contributed by atoms with Gasteiger partial charge in [-0.05, 0) is 30.5 Å². The maximum atomic E-state index is 12.7. The molecule has 2 heterocycles. The molecule has 1 atom stereocenters. The summed E-state index contributed by atoms with van der Waals surface area (Å²) in [5.41, 5.74) is 0.700. The van der Waals surface area contributed by atoms with E-state index in [1.165, 1.54) is 14.2 Å². The van der Waals surface area contributed by atoms with Gasteiger partial charge >= 0.3 is 0 Å². The second kappa shape index (κ2) is 6.83. The lowest BCUT2D eigenvalue weighted by molar-refractivity contribution is -0.138. The van der Waals surface area contributed by atoms with Gasteiger partial charge < -0.3 is 14.2 Å². The topological polar surface area (TPSA) is 65.1 Å².